The zero-order chi connectivity index (χ0) is 20.6. The molecule has 0 aliphatic heterocycles. The summed E-state index contributed by atoms with van der Waals surface area (Å²) in [7, 11) is -2.24. The van der Waals surface area contributed by atoms with E-state index in [-0.39, 0.29) is 15.8 Å². The monoisotopic (exact) mass is 435 g/mol. The van der Waals surface area contributed by atoms with Crippen molar-refractivity contribution in [2.24, 2.45) is 9.96 Å². The molecule has 0 radical (unpaired) electrons. The minimum absolute atomic E-state index is 0.0638. The fourth-order valence-corrected chi connectivity index (χ4v) is 7.62. The molecular weight excluding hydrogens is 404 g/mol. The van der Waals surface area contributed by atoms with E-state index in [0.717, 1.165) is 39.3 Å². The first-order chi connectivity index (χ1) is 12.9. The molecule has 0 unspecified atom stereocenters. The first kappa shape index (κ1) is 24.5. The van der Waals surface area contributed by atoms with Crippen molar-refractivity contribution in [2.45, 2.75) is 41.5 Å². The maximum Gasteiger partial charge on any atom is 0.215 e. The second-order valence-electron chi connectivity index (χ2n) is 5.88. The second-order valence-corrected chi connectivity index (χ2v) is 9.65. The van der Waals surface area contributed by atoms with Crippen molar-refractivity contribution in [3.8, 4) is 0 Å². The van der Waals surface area contributed by atoms with Crippen molar-refractivity contribution in [1.82, 2.24) is 14.0 Å². The van der Waals surface area contributed by atoms with Crippen molar-refractivity contribution in [1.29, 1.82) is 0 Å². The molecule has 0 saturated heterocycles. The predicted octanol–water partition coefficient (Wildman–Crippen LogP) is 5.14. The molecule has 0 aromatic heterocycles. The molecule has 0 aromatic rings. The van der Waals surface area contributed by atoms with Crippen LogP contribution in [0.15, 0.2) is 32.2 Å². The number of rotatable bonds is 10. The van der Waals surface area contributed by atoms with Gasteiger partial charge in [0.05, 0.1) is 15.8 Å². The highest BCUT2D eigenvalue weighted by molar-refractivity contribution is 7.59. The Morgan fingerprint density at radius 1 is 0.778 bits per heavy atom. The van der Waals surface area contributed by atoms with Gasteiger partial charge in [-0.05, 0) is 12.2 Å². The van der Waals surface area contributed by atoms with Gasteiger partial charge in [-0.25, -0.2) is 14.0 Å². The van der Waals surface area contributed by atoms with Crippen LogP contribution in [0.3, 0.4) is 0 Å². The zero-order valence-corrected chi connectivity index (χ0v) is 19.7. The third kappa shape index (κ3) is 5.31. The highest BCUT2D eigenvalue weighted by Gasteiger charge is 2.37. The van der Waals surface area contributed by atoms with E-state index in [1.807, 2.05) is 0 Å². The summed E-state index contributed by atoms with van der Waals surface area (Å²) in [6.07, 6.45) is 3.06. The number of ketones is 1. The Labute approximate surface area is 174 Å². The lowest BCUT2D eigenvalue weighted by molar-refractivity contribution is -0.111. The molecule has 154 valence electrons. The van der Waals surface area contributed by atoms with Crippen LogP contribution in [0, 0.1) is 0 Å². The topological polar surface area (TPSA) is 51.5 Å². The summed E-state index contributed by atoms with van der Waals surface area (Å²) in [6.45, 7) is 18.2. The molecule has 0 spiro atoms. The molecule has 1 aliphatic carbocycles. The van der Waals surface area contributed by atoms with Crippen LogP contribution < -0.4 is 0 Å². The third-order valence-electron chi connectivity index (χ3n) is 4.59. The molecule has 0 bridgehead atoms. The second kappa shape index (κ2) is 11.5. The molecule has 0 atom stereocenters. The largest absolute Gasteiger partial charge is 0.287 e. The molecule has 6 nitrogen and oxygen atoms in total. The number of carbonyl (C=O) groups excluding carboxylic acids is 1. The van der Waals surface area contributed by atoms with Gasteiger partial charge in [-0.15, -0.1) is 9.96 Å². The minimum atomic E-state index is -2.24. The first-order valence-corrected chi connectivity index (χ1v) is 12.0. The van der Waals surface area contributed by atoms with Crippen LogP contribution in [-0.4, -0.2) is 64.8 Å². The van der Waals surface area contributed by atoms with Gasteiger partial charge in [0.2, 0.25) is 5.78 Å². The third-order valence-corrected chi connectivity index (χ3v) is 9.46. The number of hydrogen-bond donors (Lipinski definition) is 0. The van der Waals surface area contributed by atoms with Gasteiger partial charge in [0.1, 0.15) is 0 Å². The summed E-state index contributed by atoms with van der Waals surface area (Å²) in [4.78, 5) is 16.7. The maximum atomic E-state index is 11.8. The lowest BCUT2D eigenvalue weighted by atomic mass is 10.1. The van der Waals surface area contributed by atoms with Crippen LogP contribution >= 0.6 is 30.7 Å². The van der Waals surface area contributed by atoms with E-state index in [9.17, 15) is 4.79 Å². The zero-order valence-electron chi connectivity index (χ0n) is 17.2. The van der Waals surface area contributed by atoms with Gasteiger partial charge in [0.25, 0.3) is 0 Å². The average Bonchev–Trinajstić information content (AvgIpc) is 2.66. The van der Waals surface area contributed by atoms with Gasteiger partial charge in [-0.1, -0.05) is 64.7 Å². The van der Waals surface area contributed by atoms with Gasteiger partial charge in [0, 0.05) is 39.3 Å². The summed E-state index contributed by atoms with van der Waals surface area (Å²) >= 11 is 12.0. The van der Waals surface area contributed by atoms with Crippen molar-refractivity contribution < 1.29 is 4.79 Å². The molecule has 0 saturated carbocycles. The molecule has 0 aromatic carbocycles. The number of Topliss-reactive ketones (excluding diaryl/α,β-unsaturated/α-hetero) is 1. The fourth-order valence-electron chi connectivity index (χ4n) is 3.23. The molecule has 9 heteroatoms. The normalized spacial score (nSPS) is 15.5. The summed E-state index contributed by atoms with van der Waals surface area (Å²) in [5.74, 6) is -0.380. The number of carbonyl (C=O) groups is 1. The van der Waals surface area contributed by atoms with Crippen molar-refractivity contribution in [2.75, 3.05) is 39.3 Å². The lowest BCUT2D eigenvalue weighted by Gasteiger charge is -2.47. The SMILES string of the molecule is CCN(CC)P(=NN=C1C=C(Cl)C(=O)C(Cl)=C1)(N(CC)CC)N(CC)CC. The van der Waals surface area contributed by atoms with Gasteiger partial charge in [-0.2, -0.15) is 0 Å². The summed E-state index contributed by atoms with van der Waals surface area (Å²) < 4.78 is 7.21. The lowest BCUT2D eigenvalue weighted by Crippen LogP contribution is -2.41. The molecule has 27 heavy (non-hydrogen) atoms. The average molecular weight is 436 g/mol. The predicted molar refractivity (Wildman–Crippen MR) is 118 cm³/mol. The van der Waals surface area contributed by atoms with Crippen LogP contribution in [0.4, 0.5) is 0 Å². The van der Waals surface area contributed by atoms with Crippen LogP contribution in [-0.2, 0) is 4.79 Å². The van der Waals surface area contributed by atoms with Crippen LogP contribution in [0.5, 0.6) is 0 Å². The van der Waals surface area contributed by atoms with Crippen LogP contribution in [0.25, 0.3) is 0 Å². The molecule has 0 fully saturated rings. The molecule has 0 amide bonds. The van der Waals surface area contributed by atoms with Crippen molar-refractivity contribution in [3.63, 3.8) is 0 Å². The first-order valence-electron chi connectivity index (χ1n) is 9.60. The van der Waals surface area contributed by atoms with Gasteiger partial charge in [0.15, 0.2) is 7.51 Å². The van der Waals surface area contributed by atoms with Gasteiger partial charge >= 0.3 is 0 Å². The summed E-state index contributed by atoms with van der Waals surface area (Å²) in [5, 5.41) is 4.66. The standard InChI is InChI=1S/C18H32Cl2N5OP/c1-7-23(8-2)27(24(9-3)10-4,25(11-5)12-6)22-21-15-13-16(19)18(26)17(20)14-15/h13-14H,7-12H2,1-6H3. The molecule has 0 N–H and O–H groups in total. The Morgan fingerprint density at radius 3 is 1.41 bits per heavy atom. The Morgan fingerprint density at radius 2 is 1.11 bits per heavy atom. The smallest absolute Gasteiger partial charge is 0.215 e. The van der Waals surface area contributed by atoms with E-state index in [0.29, 0.717) is 5.71 Å². The Kier molecular flexibility index (Phi) is 10.5. The van der Waals surface area contributed by atoms with E-state index in [2.05, 4.69) is 60.7 Å². The van der Waals surface area contributed by atoms with Crippen molar-refractivity contribution in [3.05, 3.63) is 22.2 Å². The number of nitrogens with zero attached hydrogens (tertiary/aromatic N) is 5. The van der Waals surface area contributed by atoms with Crippen molar-refractivity contribution >= 4 is 42.2 Å². The Hall–Kier alpha value is -0.490. The van der Waals surface area contributed by atoms with Gasteiger partial charge in [-0.3, -0.25) is 4.79 Å². The Balaban J connectivity index is 3.71. The van der Waals surface area contributed by atoms with E-state index in [1.165, 1.54) is 12.2 Å². The van der Waals surface area contributed by atoms with Gasteiger partial charge < -0.3 is 0 Å². The fraction of sp³-hybridized carbons (Fsp3) is 0.667. The number of allylic oxidation sites excluding steroid dienone is 4. The van der Waals surface area contributed by atoms with E-state index in [1.54, 1.807) is 0 Å². The van der Waals surface area contributed by atoms with E-state index in [4.69, 9.17) is 28.1 Å². The summed E-state index contributed by atoms with van der Waals surface area (Å²) in [5.41, 5.74) is 0.500. The van der Waals surface area contributed by atoms with Crippen LogP contribution in [0.2, 0.25) is 0 Å². The number of halogens is 2. The van der Waals surface area contributed by atoms with E-state index >= 15 is 0 Å². The summed E-state index contributed by atoms with van der Waals surface area (Å²) in [6, 6.07) is 0. The number of hydrogen-bond acceptors (Lipinski definition) is 2. The van der Waals surface area contributed by atoms with Crippen LogP contribution in [0.1, 0.15) is 41.5 Å². The van der Waals surface area contributed by atoms with E-state index < -0.39 is 7.51 Å². The minimum Gasteiger partial charge on any atom is -0.287 e. The molecule has 1 rings (SSSR count). The molecule has 0 heterocycles. The molecular formula is C18H32Cl2N5OP. The highest BCUT2D eigenvalue weighted by Crippen LogP contribution is 2.59. The Bertz CT molecular complexity index is 601. The maximum absolute atomic E-state index is 11.8. The highest BCUT2D eigenvalue weighted by atomic mass is 35.5. The molecule has 1 aliphatic rings. The quantitative estimate of drug-likeness (QED) is 0.270.